The van der Waals surface area contributed by atoms with Gasteiger partial charge in [-0.2, -0.15) is 0 Å². The van der Waals surface area contributed by atoms with E-state index in [0.29, 0.717) is 19.0 Å². The number of oxazole rings is 1. The normalized spacial score (nSPS) is 15.9. The van der Waals surface area contributed by atoms with Gasteiger partial charge in [0, 0.05) is 18.7 Å². The number of likely N-dealkylation sites (N-methyl/N-ethyl adjacent to an activating group) is 1. The van der Waals surface area contributed by atoms with Crippen LogP contribution < -0.4 is 9.47 Å². The molecule has 0 N–H and O–H groups in total. The third-order valence-electron chi connectivity index (χ3n) is 4.68. The molecule has 1 aliphatic heterocycles. The molecule has 0 aliphatic carbocycles. The maximum absolute atomic E-state index is 6.03. The van der Waals surface area contributed by atoms with Crippen LogP contribution in [0.1, 0.15) is 16.8 Å². The predicted octanol–water partition coefficient (Wildman–Crippen LogP) is 4.23. The molecular weight excluding hydrogens is 340 g/mol. The summed E-state index contributed by atoms with van der Waals surface area (Å²) in [6.45, 7) is 6.16. The molecule has 2 heterocycles. The highest BCUT2D eigenvalue weighted by Crippen LogP contribution is 2.31. The lowest BCUT2D eigenvalue weighted by Crippen LogP contribution is -2.39. The molecule has 1 unspecified atom stereocenters. The Bertz CT molecular complexity index is 935. The third kappa shape index (κ3) is 3.98. The number of aryl methyl sites for hydroxylation is 2. The van der Waals surface area contributed by atoms with Crippen molar-refractivity contribution >= 4 is 0 Å². The minimum Gasteiger partial charge on any atom is -0.486 e. The summed E-state index contributed by atoms with van der Waals surface area (Å²) in [5.74, 6) is 2.29. The lowest BCUT2D eigenvalue weighted by Gasteiger charge is -2.29. The van der Waals surface area contributed by atoms with Crippen LogP contribution in [0.4, 0.5) is 0 Å². The van der Waals surface area contributed by atoms with Gasteiger partial charge in [-0.3, -0.25) is 4.90 Å². The van der Waals surface area contributed by atoms with Gasteiger partial charge in [-0.05, 0) is 44.7 Å². The maximum atomic E-state index is 6.03. The first kappa shape index (κ1) is 17.6. The van der Waals surface area contributed by atoms with Crippen LogP contribution in [0, 0.1) is 13.8 Å². The van der Waals surface area contributed by atoms with Crippen LogP contribution in [0.25, 0.3) is 11.5 Å². The average molecular weight is 364 g/mol. The van der Waals surface area contributed by atoms with Gasteiger partial charge in [0.25, 0.3) is 0 Å². The monoisotopic (exact) mass is 364 g/mol. The fourth-order valence-electron chi connectivity index (χ4n) is 3.40. The molecule has 4 rings (SSSR count). The number of hydrogen-bond donors (Lipinski definition) is 0. The summed E-state index contributed by atoms with van der Waals surface area (Å²) in [6, 6.07) is 14.1. The Morgan fingerprint density at radius 2 is 1.93 bits per heavy atom. The van der Waals surface area contributed by atoms with Crippen molar-refractivity contribution in [3.63, 3.8) is 0 Å². The van der Waals surface area contributed by atoms with Crippen molar-refractivity contribution in [1.29, 1.82) is 0 Å². The average Bonchev–Trinajstić information content (AvgIpc) is 3.09. The van der Waals surface area contributed by atoms with E-state index in [1.807, 2.05) is 24.3 Å². The molecule has 27 heavy (non-hydrogen) atoms. The number of rotatable bonds is 5. The Balaban J connectivity index is 1.38. The van der Waals surface area contributed by atoms with E-state index in [2.05, 4.69) is 49.0 Å². The summed E-state index contributed by atoms with van der Waals surface area (Å²) in [5, 5.41) is 0. The summed E-state index contributed by atoms with van der Waals surface area (Å²) in [4.78, 5) is 6.83. The van der Waals surface area contributed by atoms with Gasteiger partial charge < -0.3 is 13.9 Å². The second kappa shape index (κ2) is 7.45. The molecule has 0 saturated carbocycles. The van der Waals surface area contributed by atoms with Crippen molar-refractivity contribution in [2.24, 2.45) is 0 Å². The number of hydrogen-bond acceptors (Lipinski definition) is 5. The zero-order valence-electron chi connectivity index (χ0n) is 15.9. The fraction of sp³-hybridized carbons (Fsp3) is 0.318. The number of ether oxygens (including phenoxy) is 2. The highest BCUT2D eigenvalue weighted by Gasteiger charge is 2.22. The lowest BCUT2D eigenvalue weighted by molar-refractivity contribution is 0.0635. The Labute approximate surface area is 159 Å². The van der Waals surface area contributed by atoms with Gasteiger partial charge in [-0.1, -0.05) is 29.8 Å². The van der Waals surface area contributed by atoms with Crippen LogP contribution in [0.15, 0.2) is 53.1 Å². The second-order valence-electron chi connectivity index (χ2n) is 7.16. The molecular formula is C22H24N2O3. The highest BCUT2D eigenvalue weighted by atomic mass is 16.6. The van der Waals surface area contributed by atoms with Gasteiger partial charge in [0.1, 0.15) is 19.0 Å². The Kier molecular flexibility index (Phi) is 4.86. The minimum atomic E-state index is -0.00406. The third-order valence-corrected chi connectivity index (χ3v) is 4.68. The SMILES string of the molecule is Cc1ccc(-c2nc(CN(C)CC3COc4ccccc4O3)co2)c(C)c1. The number of fused-ring (bicyclic) bond motifs is 1. The highest BCUT2D eigenvalue weighted by molar-refractivity contribution is 5.59. The molecule has 3 aromatic rings. The quantitative estimate of drug-likeness (QED) is 0.678. The van der Waals surface area contributed by atoms with E-state index in [9.17, 15) is 0 Å². The first-order valence-corrected chi connectivity index (χ1v) is 9.17. The van der Waals surface area contributed by atoms with Crippen molar-refractivity contribution in [1.82, 2.24) is 9.88 Å². The molecule has 0 radical (unpaired) electrons. The molecule has 1 atom stereocenters. The Morgan fingerprint density at radius 1 is 1.11 bits per heavy atom. The zero-order valence-corrected chi connectivity index (χ0v) is 15.9. The standard InChI is InChI=1S/C22H24N2O3/c1-15-8-9-19(16(2)10-15)22-23-17(13-26-22)11-24(3)12-18-14-25-20-6-4-5-7-21(20)27-18/h4-10,13,18H,11-12,14H2,1-3H3. The summed E-state index contributed by atoms with van der Waals surface area (Å²) in [5.41, 5.74) is 4.35. The van der Waals surface area contributed by atoms with Crippen molar-refractivity contribution in [2.75, 3.05) is 20.2 Å². The number of aromatic nitrogens is 1. The van der Waals surface area contributed by atoms with E-state index in [4.69, 9.17) is 13.9 Å². The van der Waals surface area contributed by atoms with E-state index < -0.39 is 0 Å². The van der Waals surface area contributed by atoms with Gasteiger partial charge in [0.05, 0.1) is 5.69 Å². The summed E-state index contributed by atoms with van der Waals surface area (Å²) < 4.78 is 17.5. The van der Waals surface area contributed by atoms with E-state index in [-0.39, 0.29) is 6.10 Å². The van der Waals surface area contributed by atoms with E-state index in [1.54, 1.807) is 6.26 Å². The fourth-order valence-corrected chi connectivity index (χ4v) is 3.40. The smallest absolute Gasteiger partial charge is 0.226 e. The van der Waals surface area contributed by atoms with E-state index in [0.717, 1.165) is 29.3 Å². The summed E-state index contributed by atoms with van der Waals surface area (Å²) in [7, 11) is 2.05. The van der Waals surface area contributed by atoms with Crippen LogP contribution in [0.5, 0.6) is 11.5 Å². The predicted molar refractivity (Wildman–Crippen MR) is 104 cm³/mol. The summed E-state index contributed by atoms with van der Waals surface area (Å²) in [6.07, 6.45) is 1.73. The van der Waals surface area contributed by atoms with Crippen LogP contribution in [-0.4, -0.2) is 36.2 Å². The van der Waals surface area contributed by atoms with Crippen molar-refractivity contribution in [3.05, 3.63) is 65.5 Å². The molecule has 0 amide bonds. The van der Waals surface area contributed by atoms with E-state index in [1.165, 1.54) is 11.1 Å². The lowest BCUT2D eigenvalue weighted by atomic mass is 10.1. The molecule has 0 spiro atoms. The van der Waals surface area contributed by atoms with Crippen LogP contribution >= 0.6 is 0 Å². The first-order valence-electron chi connectivity index (χ1n) is 9.17. The van der Waals surface area contributed by atoms with Crippen molar-refractivity contribution in [2.45, 2.75) is 26.5 Å². The number of benzene rings is 2. The largest absolute Gasteiger partial charge is 0.486 e. The molecule has 0 saturated heterocycles. The van der Waals surface area contributed by atoms with Gasteiger partial charge in [0.2, 0.25) is 5.89 Å². The molecule has 0 bridgehead atoms. The van der Waals surface area contributed by atoms with Crippen molar-refractivity contribution in [3.8, 4) is 23.0 Å². The molecule has 0 fully saturated rings. The second-order valence-corrected chi connectivity index (χ2v) is 7.16. The first-order chi connectivity index (χ1) is 13.1. The molecule has 140 valence electrons. The van der Waals surface area contributed by atoms with Crippen molar-refractivity contribution < 1.29 is 13.9 Å². The van der Waals surface area contributed by atoms with Gasteiger partial charge >= 0.3 is 0 Å². The zero-order chi connectivity index (χ0) is 18.8. The van der Waals surface area contributed by atoms with Gasteiger partial charge in [-0.15, -0.1) is 0 Å². The van der Waals surface area contributed by atoms with Crippen LogP contribution in [0.2, 0.25) is 0 Å². The Hall–Kier alpha value is -2.79. The minimum absolute atomic E-state index is 0.00406. The number of para-hydroxylation sites is 2. The van der Waals surface area contributed by atoms with Crippen LogP contribution in [0.3, 0.4) is 0 Å². The topological polar surface area (TPSA) is 47.7 Å². The number of nitrogens with zero attached hydrogens (tertiary/aromatic N) is 2. The van der Waals surface area contributed by atoms with E-state index >= 15 is 0 Å². The molecule has 1 aliphatic rings. The molecule has 2 aromatic carbocycles. The maximum Gasteiger partial charge on any atom is 0.226 e. The molecule has 1 aromatic heterocycles. The van der Waals surface area contributed by atoms with Gasteiger partial charge in [-0.25, -0.2) is 4.98 Å². The summed E-state index contributed by atoms with van der Waals surface area (Å²) >= 11 is 0. The van der Waals surface area contributed by atoms with Crippen LogP contribution in [-0.2, 0) is 6.54 Å². The molecule has 5 heteroatoms. The molecule has 5 nitrogen and oxygen atoms in total. The van der Waals surface area contributed by atoms with Gasteiger partial charge in [0.15, 0.2) is 11.5 Å². The Morgan fingerprint density at radius 3 is 2.74 bits per heavy atom.